The normalized spacial score (nSPS) is 16.0. The van der Waals surface area contributed by atoms with E-state index in [1.165, 1.54) is 29.2 Å². The van der Waals surface area contributed by atoms with Gasteiger partial charge in [0.15, 0.2) is 0 Å². The summed E-state index contributed by atoms with van der Waals surface area (Å²) < 4.78 is 69.1. The molecule has 0 bridgehead atoms. The molecule has 4 rings (SSSR count). The van der Waals surface area contributed by atoms with Gasteiger partial charge < -0.3 is 20.6 Å². The Hall–Kier alpha value is -2.15. The number of aliphatic hydroxyl groups excluding tert-OH is 1. The Kier molecular flexibility index (Phi) is 13.5. The first-order chi connectivity index (χ1) is 19.5. The van der Waals surface area contributed by atoms with Crippen molar-refractivity contribution >= 4 is 109 Å². The van der Waals surface area contributed by atoms with Crippen molar-refractivity contribution in [3.63, 3.8) is 0 Å². The molecule has 13 nitrogen and oxygen atoms in total. The van der Waals surface area contributed by atoms with Crippen LogP contribution in [-0.4, -0.2) is 129 Å². The minimum atomic E-state index is -5.56. The van der Waals surface area contributed by atoms with Crippen LogP contribution in [0.1, 0.15) is 5.56 Å². The van der Waals surface area contributed by atoms with Gasteiger partial charge in [-0.15, -0.1) is 0 Å². The molecule has 1 unspecified atom stereocenters. The van der Waals surface area contributed by atoms with E-state index in [2.05, 4.69) is 25.6 Å². The summed E-state index contributed by atoms with van der Waals surface area (Å²) in [7, 11) is -9.53. The first-order valence-electron chi connectivity index (χ1n) is 12.2. The van der Waals surface area contributed by atoms with Crippen LogP contribution in [0.25, 0.3) is 6.08 Å². The summed E-state index contributed by atoms with van der Waals surface area (Å²) in [6.07, 6.45) is 6.40. The van der Waals surface area contributed by atoms with E-state index in [0.717, 1.165) is 6.08 Å². The van der Waals surface area contributed by atoms with E-state index in [9.17, 15) is 31.0 Å². The van der Waals surface area contributed by atoms with E-state index in [1.807, 2.05) is 6.07 Å². The van der Waals surface area contributed by atoms with Crippen LogP contribution in [-0.2, 0) is 20.2 Å². The molecule has 0 aliphatic heterocycles. The molecular formula is C26H28N6Na2O7S2. The third-order valence-corrected chi connectivity index (χ3v) is 9.92. The summed E-state index contributed by atoms with van der Waals surface area (Å²) in [5, 5.41) is 14.9. The van der Waals surface area contributed by atoms with Gasteiger partial charge in [-0.05, 0) is 23.8 Å². The molecule has 5 N–H and O–H groups in total. The molecule has 1 aromatic heterocycles. The molecular weight excluding hydrogens is 618 g/mol. The van der Waals surface area contributed by atoms with E-state index in [0.29, 0.717) is 11.3 Å². The predicted molar refractivity (Wildman–Crippen MR) is 167 cm³/mol. The number of hydrogen-bond acceptors (Lipinski definition) is 11. The minimum Gasteiger partial charge on any atom is -0.395 e. The number of anilines is 4. The second-order valence-corrected chi connectivity index (χ2v) is 12.4. The van der Waals surface area contributed by atoms with Crippen LogP contribution in [0, 0.1) is 5.92 Å². The average molecular weight is 647 g/mol. The predicted octanol–water partition coefficient (Wildman–Crippen LogP) is 1.95. The molecule has 1 heterocycles. The molecule has 3 aromatic rings. The minimum absolute atomic E-state index is 0. The molecule has 1 atom stereocenters. The summed E-state index contributed by atoms with van der Waals surface area (Å²) in [5.41, 5.74) is 0.604. The molecule has 1 aliphatic rings. The summed E-state index contributed by atoms with van der Waals surface area (Å²) >= 11 is 0. The van der Waals surface area contributed by atoms with E-state index in [1.54, 1.807) is 61.6 Å². The third-order valence-electron chi connectivity index (χ3n) is 6.13. The van der Waals surface area contributed by atoms with E-state index in [-0.39, 0.29) is 90.1 Å². The van der Waals surface area contributed by atoms with Crippen LogP contribution < -0.4 is 15.5 Å². The van der Waals surface area contributed by atoms with Gasteiger partial charge in [-0.3, -0.25) is 9.11 Å². The van der Waals surface area contributed by atoms with Crippen molar-refractivity contribution in [1.82, 2.24) is 15.0 Å². The van der Waals surface area contributed by atoms with Crippen LogP contribution in [0.4, 0.5) is 23.5 Å². The fraction of sp³-hybridized carbons (Fsp3) is 0.192. The topological polar surface area (TPSA) is 195 Å². The zero-order valence-corrected chi connectivity index (χ0v) is 29.4. The van der Waals surface area contributed by atoms with E-state index >= 15 is 0 Å². The second kappa shape index (κ2) is 15.7. The number of aromatic nitrogens is 3. The van der Waals surface area contributed by atoms with E-state index < -0.39 is 35.9 Å². The molecule has 0 fully saturated rings. The first-order valence-corrected chi connectivity index (χ1v) is 15.1. The number of rotatable bonds is 11. The van der Waals surface area contributed by atoms with Crippen molar-refractivity contribution in [2.75, 3.05) is 35.7 Å². The zero-order chi connectivity index (χ0) is 29.7. The number of hydrogen-bond donors (Lipinski definition) is 5. The Labute approximate surface area is 294 Å². The van der Waals surface area contributed by atoms with Gasteiger partial charge >= 0.3 is 0 Å². The Morgan fingerprint density at radius 1 is 0.884 bits per heavy atom. The summed E-state index contributed by atoms with van der Waals surface area (Å²) in [5.74, 6) is -1.82. The number of para-hydroxylation sites is 1. The fourth-order valence-corrected chi connectivity index (χ4v) is 7.08. The molecule has 218 valence electrons. The Bertz CT molecular complexity index is 1660. The smallest absolute Gasteiger partial charge is 0.294 e. The van der Waals surface area contributed by atoms with Crippen LogP contribution in [0.3, 0.4) is 0 Å². The number of allylic oxidation sites excluding steroid dienone is 4. The number of nitrogens with zero attached hydrogens (tertiary/aromatic N) is 4. The molecule has 17 heteroatoms. The van der Waals surface area contributed by atoms with Gasteiger partial charge in [-0.1, -0.05) is 72.8 Å². The van der Waals surface area contributed by atoms with Crippen LogP contribution in [0.5, 0.6) is 0 Å². The Morgan fingerprint density at radius 3 is 2.00 bits per heavy atom. The van der Waals surface area contributed by atoms with Crippen LogP contribution in [0.15, 0.2) is 90.7 Å². The molecule has 2 aromatic carbocycles. The van der Waals surface area contributed by atoms with Crippen molar-refractivity contribution in [1.29, 1.82) is 0 Å². The quantitative estimate of drug-likeness (QED) is 0.150. The monoisotopic (exact) mass is 646 g/mol. The van der Waals surface area contributed by atoms with Crippen molar-refractivity contribution in [2.24, 2.45) is 5.92 Å². The molecule has 1 aliphatic carbocycles. The van der Waals surface area contributed by atoms with Crippen molar-refractivity contribution < 1.29 is 31.0 Å². The maximum Gasteiger partial charge on any atom is 0.294 e. The SMILES string of the molecule is CN(CCO)c1nc(NC2=CC=CC(C=Cc3ccccc3)C2(S(=O)(=O)O)S(=O)(=O)O)nc(Nc2ccccc2)n1.[Na].[Na]. The van der Waals surface area contributed by atoms with Gasteiger partial charge in [0, 0.05) is 84.3 Å². The summed E-state index contributed by atoms with van der Waals surface area (Å²) in [4.78, 5) is 14.3. The molecule has 43 heavy (non-hydrogen) atoms. The molecule has 2 radical (unpaired) electrons. The molecule has 0 saturated carbocycles. The van der Waals surface area contributed by atoms with Gasteiger partial charge in [-0.25, -0.2) is 0 Å². The fourth-order valence-electron chi connectivity index (χ4n) is 4.22. The van der Waals surface area contributed by atoms with E-state index in [4.69, 9.17) is 0 Å². The molecule has 0 saturated heterocycles. The summed E-state index contributed by atoms with van der Waals surface area (Å²) in [6.45, 7) is -0.0988. The third kappa shape index (κ3) is 8.52. The van der Waals surface area contributed by atoms with Gasteiger partial charge in [0.05, 0.1) is 12.3 Å². The number of aliphatic hydroxyl groups is 1. The zero-order valence-electron chi connectivity index (χ0n) is 23.7. The van der Waals surface area contributed by atoms with Gasteiger partial charge in [0.1, 0.15) is 0 Å². The standard InChI is InChI=1S/C26H28N6O7S2.2Na/c1-32(17-18-33)25-30-23(27-21-12-6-3-7-13-21)29-24(31-25)28-22-14-8-11-20(16-15-19-9-4-2-5-10-19)26(22,40(34,35)36)41(37,38)39;;/h2-16,20,33H,17-18H2,1H3,(H,34,35,36)(H,37,38,39)(H2,27,28,29,30,31);;. The van der Waals surface area contributed by atoms with Gasteiger partial charge in [0.2, 0.25) is 17.8 Å². The second-order valence-electron chi connectivity index (χ2n) is 8.92. The maximum absolute atomic E-state index is 12.9. The average Bonchev–Trinajstić information content (AvgIpc) is 2.91. The number of nitrogens with one attached hydrogen (secondary N) is 2. The number of likely N-dealkylation sites (N-methyl/N-ethyl adjacent to an activating group) is 1. The van der Waals surface area contributed by atoms with Crippen molar-refractivity contribution in [2.45, 2.75) is 4.08 Å². The van der Waals surface area contributed by atoms with Gasteiger partial charge in [0.25, 0.3) is 24.3 Å². The van der Waals surface area contributed by atoms with Crippen LogP contribution >= 0.6 is 0 Å². The Morgan fingerprint density at radius 2 is 1.44 bits per heavy atom. The number of benzene rings is 2. The summed E-state index contributed by atoms with van der Waals surface area (Å²) in [6, 6.07) is 17.5. The first kappa shape index (κ1) is 37.0. The largest absolute Gasteiger partial charge is 0.395 e. The van der Waals surface area contributed by atoms with Crippen molar-refractivity contribution in [3.8, 4) is 0 Å². The van der Waals surface area contributed by atoms with Crippen molar-refractivity contribution in [3.05, 3.63) is 96.2 Å². The molecule has 0 amide bonds. The van der Waals surface area contributed by atoms with Gasteiger partial charge in [-0.2, -0.15) is 31.8 Å². The van der Waals surface area contributed by atoms with Crippen LogP contribution in [0.2, 0.25) is 0 Å². The molecule has 0 spiro atoms. The Balaban J connectivity index is 0.00000323. The maximum atomic E-state index is 12.9.